The minimum absolute atomic E-state index is 0.121. The minimum Gasteiger partial charge on any atom is -0.496 e. The quantitative estimate of drug-likeness (QED) is 0.851. The molecule has 134 valence electrons. The van der Waals surface area contributed by atoms with Crippen LogP contribution in [0.4, 0.5) is 5.69 Å². The lowest BCUT2D eigenvalue weighted by atomic mass is 10.0. The maximum atomic E-state index is 13.2. The molecule has 0 spiro atoms. The molecular formula is C20H25NO3S. The van der Waals surface area contributed by atoms with Crippen molar-refractivity contribution in [3.63, 3.8) is 0 Å². The lowest BCUT2D eigenvalue weighted by molar-refractivity contribution is -0.114. The van der Waals surface area contributed by atoms with Crippen LogP contribution in [0.3, 0.4) is 0 Å². The molecule has 1 N–H and O–H groups in total. The van der Waals surface area contributed by atoms with Gasteiger partial charge >= 0.3 is 0 Å². The van der Waals surface area contributed by atoms with Gasteiger partial charge in [0.1, 0.15) is 5.75 Å². The van der Waals surface area contributed by atoms with E-state index < -0.39 is 10.8 Å². The molecule has 0 aliphatic carbocycles. The van der Waals surface area contributed by atoms with Crippen molar-refractivity contribution in [3.05, 3.63) is 47.0 Å². The molecule has 0 fully saturated rings. The summed E-state index contributed by atoms with van der Waals surface area (Å²) < 4.78 is 18.6. The molecule has 0 aromatic heterocycles. The van der Waals surface area contributed by atoms with Crippen LogP contribution in [0.15, 0.2) is 40.1 Å². The van der Waals surface area contributed by atoms with Crippen LogP contribution in [0.1, 0.15) is 43.4 Å². The molecule has 1 unspecified atom stereocenters. The molecule has 0 saturated heterocycles. The molecule has 1 atom stereocenters. The molecule has 5 heteroatoms. The third kappa shape index (κ3) is 4.28. The number of rotatable bonds is 5. The Balaban J connectivity index is 2.47. The Morgan fingerprint density at radius 3 is 2.20 bits per heavy atom. The molecule has 0 aliphatic heterocycles. The van der Waals surface area contributed by atoms with Crippen molar-refractivity contribution >= 4 is 22.4 Å². The van der Waals surface area contributed by atoms with E-state index in [1.54, 1.807) is 7.11 Å². The molecule has 0 aliphatic rings. The lowest BCUT2D eigenvalue weighted by Crippen LogP contribution is -2.08. The van der Waals surface area contributed by atoms with Crippen LogP contribution in [0.2, 0.25) is 0 Å². The number of nitrogens with one attached hydrogen (secondary N) is 1. The van der Waals surface area contributed by atoms with Gasteiger partial charge in [-0.25, -0.2) is 4.21 Å². The predicted molar refractivity (Wildman–Crippen MR) is 102 cm³/mol. The maximum absolute atomic E-state index is 13.2. The first kappa shape index (κ1) is 19.2. The van der Waals surface area contributed by atoms with Crippen LogP contribution in [-0.2, 0) is 15.6 Å². The highest BCUT2D eigenvalue weighted by molar-refractivity contribution is 7.85. The van der Waals surface area contributed by atoms with Crippen LogP contribution < -0.4 is 10.1 Å². The van der Waals surface area contributed by atoms with E-state index in [9.17, 15) is 9.00 Å². The molecule has 2 rings (SSSR count). The van der Waals surface area contributed by atoms with Crippen LogP contribution >= 0.6 is 0 Å². The van der Waals surface area contributed by atoms with Gasteiger partial charge in [-0.2, -0.15) is 0 Å². The van der Waals surface area contributed by atoms with E-state index >= 15 is 0 Å². The Bertz CT molecular complexity index is 805. The molecule has 4 nitrogen and oxygen atoms in total. The van der Waals surface area contributed by atoms with Crippen molar-refractivity contribution < 1.29 is 13.7 Å². The van der Waals surface area contributed by atoms with Gasteiger partial charge < -0.3 is 10.1 Å². The molecule has 0 bridgehead atoms. The Morgan fingerprint density at radius 1 is 1.12 bits per heavy atom. The zero-order valence-electron chi connectivity index (χ0n) is 15.6. The number of hydrogen-bond donors (Lipinski definition) is 1. The lowest BCUT2D eigenvalue weighted by Gasteiger charge is -2.16. The number of benzene rings is 2. The number of carbonyl (C=O) groups is 1. The first-order chi connectivity index (χ1) is 11.7. The van der Waals surface area contributed by atoms with Crippen LogP contribution in [0.25, 0.3) is 0 Å². The highest BCUT2D eigenvalue weighted by atomic mass is 32.2. The van der Waals surface area contributed by atoms with Crippen LogP contribution in [0, 0.1) is 13.8 Å². The number of hydrogen-bond acceptors (Lipinski definition) is 3. The Hall–Kier alpha value is -2.14. The number of carbonyl (C=O) groups excluding carboxylic acids is 1. The Kier molecular flexibility index (Phi) is 6.01. The molecular weight excluding hydrogens is 334 g/mol. The average Bonchev–Trinajstić information content (AvgIpc) is 2.52. The second kappa shape index (κ2) is 7.83. The monoisotopic (exact) mass is 359 g/mol. The Morgan fingerprint density at radius 2 is 1.72 bits per heavy atom. The largest absolute Gasteiger partial charge is 0.496 e. The van der Waals surface area contributed by atoms with E-state index in [4.69, 9.17) is 4.74 Å². The average molecular weight is 359 g/mol. The van der Waals surface area contributed by atoms with Gasteiger partial charge in [0, 0.05) is 22.4 Å². The van der Waals surface area contributed by atoms with Crippen molar-refractivity contribution in [1.29, 1.82) is 0 Å². The predicted octanol–water partition coefficient (Wildman–Crippen LogP) is 4.56. The smallest absolute Gasteiger partial charge is 0.221 e. The summed E-state index contributed by atoms with van der Waals surface area (Å²) >= 11 is 0. The number of ether oxygens (including phenoxy) is 1. The summed E-state index contributed by atoms with van der Waals surface area (Å²) in [6, 6.07) is 9.39. The summed E-state index contributed by atoms with van der Waals surface area (Å²) in [5.74, 6) is 0.964. The van der Waals surface area contributed by atoms with Crippen molar-refractivity contribution in [2.75, 3.05) is 12.4 Å². The number of aryl methyl sites for hydroxylation is 2. The first-order valence-corrected chi connectivity index (χ1v) is 9.38. The Labute approximate surface area is 152 Å². The molecule has 25 heavy (non-hydrogen) atoms. The van der Waals surface area contributed by atoms with Gasteiger partial charge in [0.2, 0.25) is 5.91 Å². The molecule has 0 heterocycles. The van der Waals surface area contributed by atoms with E-state index in [0.29, 0.717) is 0 Å². The van der Waals surface area contributed by atoms with Crippen LogP contribution in [-0.4, -0.2) is 17.2 Å². The highest BCUT2D eigenvalue weighted by Crippen LogP contribution is 2.32. The number of methoxy groups -OCH3 is 1. The van der Waals surface area contributed by atoms with Crippen molar-refractivity contribution in [2.45, 2.75) is 50.3 Å². The summed E-state index contributed by atoms with van der Waals surface area (Å²) in [5, 5.41) is 2.78. The normalized spacial score (nSPS) is 12.1. The van der Waals surface area contributed by atoms with E-state index in [2.05, 4.69) is 19.2 Å². The van der Waals surface area contributed by atoms with Gasteiger partial charge in [-0.05, 0) is 66.8 Å². The second-order valence-corrected chi connectivity index (χ2v) is 7.86. The van der Waals surface area contributed by atoms with Gasteiger partial charge in [0.15, 0.2) is 0 Å². The van der Waals surface area contributed by atoms with Gasteiger partial charge in [-0.3, -0.25) is 4.79 Å². The fourth-order valence-corrected chi connectivity index (χ4v) is 4.28. The molecule has 1 amide bonds. The molecule has 2 aromatic carbocycles. The van der Waals surface area contributed by atoms with Crippen molar-refractivity contribution in [1.82, 2.24) is 0 Å². The summed E-state index contributed by atoms with van der Waals surface area (Å²) in [4.78, 5) is 12.8. The SMILES string of the molecule is COc1ccc(S(=O)c2c(C)cc(NC(C)=O)cc2C)cc1C(C)C. The van der Waals surface area contributed by atoms with E-state index in [1.165, 1.54) is 6.92 Å². The molecule has 0 radical (unpaired) electrons. The highest BCUT2D eigenvalue weighted by Gasteiger charge is 2.17. The van der Waals surface area contributed by atoms with Crippen LogP contribution in [0.5, 0.6) is 5.75 Å². The van der Waals surface area contributed by atoms with E-state index in [-0.39, 0.29) is 11.8 Å². The molecule has 0 saturated carbocycles. The second-order valence-electron chi connectivity index (χ2n) is 6.45. The van der Waals surface area contributed by atoms with Crippen molar-refractivity contribution in [2.24, 2.45) is 0 Å². The van der Waals surface area contributed by atoms with Gasteiger partial charge in [-0.15, -0.1) is 0 Å². The van der Waals surface area contributed by atoms with Gasteiger partial charge in [0.05, 0.1) is 17.9 Å². The summed E-state index contributed by atoms with van der Waals surface area (Å²) in [6.45, 7) is 9.48. The third-order valence-corrected chi connectivity index (χ3v) is 5.70. The summed E-state index contributed by atoms with van der Waals surface area (Å²) in [7, 11) is 0.349. The fraction of sp³-hybridized carbons (Fsp3) is 0.350. The minimum atomic E-state index is -1.30. The third-order valence-electron chi connectivity index (χ3n) is 4.00. The molecule has 2 aromatic rings. The maximum Gasteiger partial charge on any atom is 0.221 e. The summed E-state index contributed by atoms with van der Waals surface area (Å²) in [6.07, 6.45) is 0. The van der Waals surface area contributed by atoms with Crippen molar-refractivity contribution in [3.8, 4) is 5.75 Å². The zero-order chi connectivity index (χ0) is 18.7. The number of amides is 1. The standard InChI is InChI=1S/C20H25NO3S/c1-12(2)18-11-17(7-8-19(18)24-6)25(23)20-13(3)9-16(10-14(20)4)21-15(5)22/h7-12H,1-6H3,(H,21,22). The topological polar surface area (TPSA) is 55.4 Å². The van der Waals surface area contributed by atoms with E-state index in [0.717, 1.165) is 37.9 Å². The fourth-order valence-electron chi connectivity index (χ4n) is 2.91. The zero-order valence-corrected chi connectivity index (χ0v) is 16.4. The first-order valence-electron chi connectivity index (χ1n) is 8.23. The van der Waals surface area contributed by atoms with Gasteiger partial charge in [0.25, 0.3) is 0 Å². The summed E-state index contributed by atoms with van der Waals surface area (Å²) in [5.41, 5.74) is 3.55. The van der Waals surface area contributed by atoms with Gasteiger partial charge in [-0.1, -0.05) is 13.8 Å². The van der Waals surface area contributed by atoms with E-state index in [1.807, 2.05) is 44.2 Å². The number of anilines is 1.